The third-order valence-electron chi connectivity index (χ3n) is 5.98. The SMILES string of the molecule is CCCOCCOC(=O)C1=C(C)NC2=C(C(=O)[C@H](C(=O)OC)[C@@H](C)C2)[C@@H]1c1ccc(F)cc1. The quantitative estimate of drug-likeness (QED) is 0.362. The van der Waals surface area contributed by atoms with E-state index in [0.717, 1.165) is 6.42 Å². The predicted octanol–water partition coefficient (Wildman–Crippen LogP) is 3.41. The first-order chi connectivity index (χ1) is 15.8. The highest BCUT2D eigenvalue weighted by Gasteiger charge is 2.47. The van der Waals surface area contributed by atoms with E-state index in [9.17, 15) is 18.8 Å². The molecule has 0 aromatic heterocycles. The van der Waals surface area contributed by atoms with Crippen LogP contribution in [0.1, 0.15) is 45.1 Å². The van der Waals surface area contributed by atoms with Gasteiger partial charge in [-0.25, -0.2) is 9.18 Å². The molecule has 8 heteroatoms. The second-order valence-electron chi connectivity index (χ2n) is 8.34. The number of benzene rings is 1. The second kappa shape index (κ2) is 10.7. The Labute approximate surface area is 193 Å². The van der Waals surface area contributed by atoms with Gasteiger partial charge in [0.1, 0.15) is 18.3 Å². The highest BCUT2D eigenvalue weighted by molar-refractivity contribution is 6.12. The number of nitrogens with one attached hydrogen (secondary N) is 1. The Morgan fingerprint density at radius 1 is 1.15 bits per heavy atom. The molecule has 1 aromatic carbocycles. The molecular formula is C25H30FNO6. The van der Waals surface area contributed by atoms with Gasteiger partial charge in [0.15, 0.2) is 5.78 Å². The van der Waals surface area contributed by atoms with Gasteiger partial charge in [-0.1, -0.05) is 26.0 Å². The van der Waals surface area contributed by atoms with Crippen LogP contribution in [0.4, 0.5) is 4.39 Å². The zero-order valence-corrected chi connectivity index (χ0v) is 19.4. The number of hydrogen-bond donors (Lipinski definition) is 1. The number of methoxy groups -OCH3 is 1. The van der Waals surface area contributed by atoms with Gasteiger partial charge in [0.2, 0.25) is 0 Å². The lowest BCUT2D eigenvalue weighted by Gasteiger charge is -2.38. The molecule has 0 saturated carbocycles. The molecule has 0 amide bonds. The van der Waals surface area contributed by atoms with Crippen molar-refractivity contribution in [2.24, 2.45) is 11.8 Å². The van der Waals surface area contributed by atoms with Crippen molar-refractivity contribution in [3.05, 3.63) is 58.2 Å². The van der Waals surface area contributed by atoms with E-state index in [1.165, 1.54) is 19.2 Å². The molecule has 0 bridgehead atoms. The van der Waals surface area contributed by atoms with Gasteiger partial charge in [0.25, 0.3) is 0 Å². The number of ketones is 1. The zero-order chi connectivity index (χ0) is 24.1. The first-order valence-corrected chi connectivity index (χ1v) is 11.1. The Balaban J connectivity index is 2.01. The van der Waals surface area contributed by atoms with E-state index in [2.05, 4.69) is 5.32 Å². The number of ether oxygens (including phenoxy) is 3. The lowest BCUT2D eigenvalue weighted by Crippen LogP contribution is -2.43. The van der Waals surface area contributed by atoms with Crippen LogP contribution in [0.3, 0.4) is 0 Å². The van der Waals surface area contributed by atoms with Gasteiger partial charge in [0.05, 0.1) is 19.3 Å². The first kappa shape index (κ1) is 24.6. The molecule has 1 aliphatic heterocycles. The van der Waals surface area contributed by atoms with Crippen molar-refractivity contribution in [3.63, 3.8) is 0 Å². The van der Waals surface area contributed by atoms with E-state index in [1.807, 2.05) is 13.8 Å². The van der Waals surface area contributed by atoms with Crippen molar-refractivity contribution < 1.29 is 33.0 Å². The number of esters is 2. The molecule has 1 N–H and O–H groups in total. The summed E-state index contributed by atoms with van der Waals surface area (Å²) in [6.07, 6.45) is 1.29. The summed E-state index contributed by atoms with van der Waals surface area (Å²) in [6, 6.07) is 5.64. The van der Waals surface area contributed by atoms with E-state index < -0.39 is 35.4 Å². The second-order valence-corrected chi connectivity index (χ2v) is 8.34. The molecule has 2 aliphatic rings. The van der Waals surface area contributed by atoms with Gasteiger partial charge in [-0.05, 0) is 43.4 Å². The Hall–Kier alpha value is -3.00. The van der Waals surface area contributed by atoms with Crippen molar-refractivity contribution in [3.8, 4) is 0 Å². The highest BCUT2D eigenvalue weighted by atomic mass is 19.1. The summed E-state index contributed by atoms with van der Waals surface area (Å²) in [5, 5.41) is 3.19. The molecule has 0 saturated heterocycles. The van der Waals surface area contributed by atoms with E-state index in [1.54, 1.807) is 19.1 Å². The van der Waals surface area contributed by atoms with Gasteiger partial charge in [-0.3, -0.25) is 9.59 Å². The van der Waals surface area contributed by atoms with Crippen LogP contribution in [-0.2, 0) is 28.6 Å². The number of carbonyl (C=O) groups excluding carboxylic acids is 3. The molecule has 0 fully saturated rings. The Morgan fingerprint density at radius 2 is 1.85 bits per heavy atom. The molecule has 3 rings (SSSR count). The minimum Gasteiger partial charge on any atom is -0.468 e. The minimum atomic E-state index is -0.975. The summed E-state index contributed by atoms with van der Waals surface area (Å²) in [4.78, 5) is 39.1. The van der Waals surface area contributed by atoms with Crippen LogP contribution in [0.5, 0.6) is 0 Å². The molecule has 0 unspecified atom stereocenters. The third kappa shape index (κ3) is 5.16. The van der Waals surface area contributed by atoms with Gasteiger partial charge in [-0.2, -0.15) is 0 Å². The maximum absolute atomic E-state index is 13.7. The maximum Gasteiger partial charge on any atom is 0.336 e. The number of allylic oxidation sites excluding steroid dienone is 3. The molecule has 0 radical (unpaired) electrons. The average molecular weight is 460 g/mol. The van der Waals surface area contributed by atoms with Gasteiger partial charge in [-0.15, -0.1) is 0 Å². The van der Waals surface area contributed by atoms with Crippen LogP contribution in [0.25, 0.3) is 0 Å². The van der Waals surface area contributed by atoms with Gasteiger partial charge < -0.3 is 19.5 Å². The Morgan fingerprint density at radius 3 is 2.48 bits per heavy atom. The molecule has 1 aromatic rings. The summed E-state index contributed by atoms with van der Waals surface area (Å²) < 4.78 is 29.4. The summed E-state index contributed by atoms with van der Waals surface area (Å²) in [5.74, 6) is -4.09. The molecule has 1 aliphatic carbocycles. The Bertz CT molecular complexity index is 981. The average Bonchev–Trinajstić information content (AvgIpc) is 2.78. The summed E-state index contributed by atoms with van der Waals surface area (Å²) >= 11 is 0. The zero-order valence-electron chi connectivity index (χ0n) is 19.4. The van der Waals surface area contributed by atoms with Crippen molar-refractivity contribution in [1.82, 2.24) is 5.32 Å². The maximum atomic E-state index is 13.7. The van der Waals surface area contributed by atoms with Crippen LogP contribution < -0.4 is 5.32 Å². The largest absolute Gasteiger partial charge is 0.468 e. The Kier molecular flexibility index (Phi) is 8.02. The van der Waals surface area contributed by atoms with E-state index in [0.29, 0.717) is 35.6 Å². The van der Waals surface area contributed by atoms with Crippen molar-refractivity contribution >= 4 is 17.7 Å². The number of dihydropyridines is 1. The van der Waals surface area contributed by atoms with Crippen molar-refractivity contribution in [1.29, 1.82) is 0 Å². The van der Waals surface area contributed by atoms with Crippen LogP contribution in [0.2, 0.25) is 0 Å². The van der Waals surface area contributed by atoms with E-state index >= 15 is 0 Å². The standard InChI is InChI=1S/C25H30FNO6/c1-5-10-32-11-12-33-25(30)20-15(3)27-18-13-14(2)19(24(29)31-4)23(28)22(18)21(20)16-6-8-17(26)9-7-16/h6-9,14,19,21,27H,5,10-13H2,1-4H3/t14-,19+,21+/m0/s1. The van der Waals surface area contributed by atoms with E-state index in [4.69, 9.17) is 14.2 Å². The molecule has 1 heterocycles. The monoisotopic (exact) mass is 459 g/mol. The van der Waals surface area contributed by atoms with Crippen LogP contribution in [-0.4, -0.2) is 44.7 Å². The molecule has 7 nitrogen and oxygen atoms in total. The number of hydrogen-bond acceptors (Lipinski definition) is 7. The highest BCUT2D eigenvalue weighted by Crippen LogP contribution is 2.45. The number of Topliss-reactive ketones (excluding diaryl/α,β-unsaturated/α-hetero) is 1. The minimum absolute atomic E-state index is 0.0629. The number of halogens is 1. The number of rotatable bonds is 8. The third-order valence-corrected chi connectivity index (χ3v) is 5.98. The lowest BCUT2D eigenvalue weighted by atomic mass is 9.69. The molecule has 0 spiro atoms. The van der Waals surface area contributed by atoms with E-state index in [-0.39, 0.29) is 24.7 Å². The number of carbonyl (C=O) groups is 3. The normalized spacial score (nSPS) is 22.6. The fourth-order valence-electron chi connectivity index (χ4n) is 4.46. The summed E-state index contributed by atoms with van der Waals surface area (Å²) in [5.41, 5.74) is 2.34. The fourth-order valence-corrected chi connectivity index (χ4v) is 4.46. The fraction of sp³-hybridized carbons (Fsp3) is 0.480. The lowest BCUT2D eigenvalue weighted by molar-refractivity contribution is -0.151. The summed E-state index contributed by atoms with van der Waals surface area (Å²) in [7, 11) is 1.25. The van der Waals surface area contributed by atoms with Crippen LogP contribution in [0.15, 0.2) is 46.8 Å². The smallest absolute Gasteiger partial charge is 0.336 e. The molecule has 3 atom stereocenters. The topological polar surface area (TPSA) is 90.9 Å². The summed E-state index contributed by atoms with van der Waals surface area (Å²) in [6.45, 7) is 6.43. The molecule has 178 valence electrons. The van der Waals surface area contributed by atoms with Crippen molar-refractivity contribution in [2.75, 3.05) is 26.9 Å². The van der Waals surface area contributed by atoms with Crippen LogP contribution >= 0.6 is 0 Å². The molecule has 33 heavy (non-hydrogen) atoms. The first-order valence-electron chi connectivity index (χ1n) is 11.1. The van der Waals surface area contributed by atoms with Gasteiger partial charge in [0, 0.05) is 29.5 Å². The predicted molar refractivity (Wildman–Crippen MR) is 118 cm³/mol. The molecular weight excluding hydrogens is 429 g/mol. The van der Waals surface area contributed by atoms with Crippen molar-refractivity contribution in [2.45, 2.75) is 39.5 Å². The van der Waals surface area contributed by atoms with Crippen LogP contribution in [0, 0.1) is 17.7 Å². The van der Waals surface area contributed by atoms with Gasteiger partial charge >= 0.3 is 11.9 Å².